The Bertz CT molecular complexity index is 233. The Kier molecular flexibility index (Phi) is 2.98. The minimum atomic E-state index is 0.767. The van der Waals surface area contributed by atoms with Crippen molar-refractivity contribution in [2.24, 2.45) is 0 Å². The molecule has 1 rings (SSSR count). The third-order valence-corrected chi connectivity index (χ3v) is 1.41. The van der Waals surface area contributed by atoms with Crippen molar-refractivity contribution in [3.63, 3.8) is 0 Å². The Balaban J connectivity index is 2.45. The van der Waals surface area contributed by atoms with E-state index in [-0.39, 0.29) is 0 Å². The van der Waals surface area contributed by atoms with Gasteiger partial charge in [-0.25, -0.2) is 0 Å². The van der Waals surface area contributed by atoms with Gasteiger partial charge in [0.2, 0.25) is 0 Å². The van der Waals surface area contributed by atoms with Gasteiger partial charge < -0.3 is 5.32 Å². The van der Waals surface area contributed by atoms with Crippen LogP contribution in [-0.4, -0.2) is 9.97 Å². The van der Waals surface area contributed by atoms with Crippen LogP contribution in [0.1, 0.15) is 12.5 Å². The van der Waals surface area contributed by atoms with Gasteiger partial charge in [0.25, 0.3) is 0 Å². The first kappa shape index (κ1) is 8.14. The summed E-state index contributed by atoms with van der Waals surface area (Å²) in [4.78, 5) is 4.79. The molecule has 0 spiro atoms. The zero-order valence-corrected chi connectivity index (χ0v) is 7.19. The molecule has 0 aliphatic rings. The van der Waals surface area contributed by atoms with Gasteiger partial charge in [0, 0.05) is 18.9 Å². The molecule has 3 heteroatoms. The molecular formula is C8H10N2S. The molecule has 1 heterocycles. The van der Waals surface area contributed by atoms with Crippen molar-refractivity contribution in [1.29, 1.82) is 0 Å². The number of nitrogens with zero attached hydrogens (tertiary/aromatic N) is 1. The molecule has 0 aliphatic heterocycles. The first-order chi connectivity index (χ1) is 5.29. The van der Waals surface area contributed by atoms with E-state index in [4.69, 9.17) is 12.2 Å². The molecule has 0 saturated carbocycles. The van der Waals surface area contributed by atoms with Crippen molar-refractivity contribution in [3.05, 3.63) is 30.1 Å². The van der Waals surface area contributed by atoms with Crippen LogP contribution in [-0.2, 0) is 6.54 Å². The molecule has 0 saturated heterocycles. The first-order valence-corrected chi connectivity index (χ1v) is 3.83. The third-order valence-electron chi connectivity index (χ3n) is 1.26. The molecule has 0 aromatic carbocycles. The number of hydrogen-bond donors (Lipinski definition) is 1. The molecule has 1 aromatic rings. The van der Waals surface area contributed by atoms with Crippen LogP contribution < -0.4 is 5.32 Å². The zero-order valence-electron chi connectivity index (χ0n) is 6.37. The summed E-state index contributed by atoms with van der Waals surface area (Å²) < 4.78 is 0. The topological polar surface area (TPSA) is 24.9 Å². The van der Waals surface area contributed by atoms with Gasteiger partial charge in [-0.3, -0.25) is 4.98 Å². The van der Waals surface area contributed by atoms with Crippen LogP contribution >= 0.6 is 12.2 Å². The minimum absolute atomic E-state index is 0.767. The van der Waals surface area contributed by atoms with Gasteiger partial charge in [-0.05, 0) is 18.6 Å². The maximum absolute atomic E-state index is 4.86. The van der Waals surface area contributed by atoms with Crippen LogP contribution in [0.25, 0.3) is 0 Å². The summed E-state index contributed by atoms with van der Waals surface area (Å²) in [5.74, 6) is 0. The van der Waals surface area contributed by atoms with E-state index >= 15 is 0 Å². The standard InChI is InChI=1S/C8H10N2S/c1-7(11)10-6-8-3-2-4-9-5-8/h2-5H,6H2,1H3,(H,10,11). The molecule has 0 bridgehead atoms. The molecule has 0 aliphatic carbocycles. The van der Waals surface area contributed by atoms with E-state index in [1.54, 1.807) is 6.20 Å². The second-order valence-electron chi connectivity index (χ2n) is 2.27. The molecule has 1 N–H and O–H groups in total. The first-order valence-electron chi connectivity index (χ1n) is 3.42. The highest BCUT2D eigenvalue weighted by molar-refractivity contribution is 7.80. The second kappa shape index (κ2) is 4.03. The van der Waals surface area contributed by atoms with Crippen molar-refractivity contribution in [1.82, 2.24) is 10.3 Å². The van der Waals surface area contributed by atoms with Crippen molar-refractivity contribution >= 4 is 17.2 Å². The number of rotatable bonds is 2. The lowest BCUT2D eigenvalue weighted by molar-refractivity contribution is 0.915. The Morgan fingerprint density at radius 1 is 1.73 bits per heavy atom. The molecular weight excluding hydrogens is 156 g/mol. The number of aromatic nitrogens is 1. The van der Waals surface area contributed by atoms with Crippen LogP contribution in [0, 0.1) is 0 Å². The second-order valence-corrected chi connectivity index (χ2v) is 2.88. The molecule has 0 atom stereocenters. The average molecular weight is 166 g/mol. The van der Waals surface area contributed by atoms with Crippen molar-refractivity contribution in [2.75, 3.05) is 0 Å². The van der Waals surface area contributed by atoms with Crippen molar-refractivity contribution in [2.45, 2.75) is 13.5 Å². The maximum atomic E-state index is 4.86. The van der Waals surface area contributed by atoms with Crippen LogP contribution in [0.15, 0.2) is 24.5 Å². The Morgan fingerprint density at radius 3 is 3.09 bits per heavy atom. The van der Waals surface area contributed by atoms with Gasteiger partial charge in [-0.2, -0.15) is 0 Å². The van der Waals surface area contributed by atoms with Gasteiger partial charge in [-0.1, -0.05) is 18.3 Å². The molecule has 58 valence electrons. The lowest BCUT2D eigenvalue weighted by atomic mass is 10.3. The highest BCUT2D eigenvalue weighted by Crippen LogP contribution is 1.93. The predicted octanol–water partition coefficient (Wildman–Crippen LogP) is 1.52. The molecule has 1 aromatic heterocycles. The molecule has 0 unspecified atom stereocenters. The summed E-state index contributed by atoms with van der Waals surface area (Å²) in [5.41, 5.74) is 1.15. The Labute approximate surface area is 71.7 Å². The maximum Gasteiger partial charge on any atom is 0.0724 e. The largest absolute Gasteiger partial charge is 0.376 e. The molecule has 0 amide bonds. The van der Waals surface area contributed by atoms with E-state index in [0.717, 1.165) is 17.1 Å². The van der Waals surface area contributed by atoms with E-state index in [1.807, 2.05) is 25.3 Å². The van der Waals surface area contributed by atoms with Crippen molar-refractivity contribution < 1.29 is 0 Å². The number of thiocarbonyl (C=S) groups is 1. The van der Waals surface area contributed by atoms with E-state index in [1.165, 1.54) is 0 Å². The summed E-state index contributed by atoms with van der Waals surface area (Å²) >= 11 is 4.86. The monoisotopic (exact) mass is 166 g/mol. The van der Waals surface area contributed by atoms with E-state index in [0.29, 0.717) is 0 Å². The normalized spacial score (nSPS) is 9.18. The predicted molar refractivity (Wildman–Crippen MR) is 49.3 cm³/mol. The fourth-order valence-corrected chi connectivity index (χ4v) is 0.801. The van der Waals surface area contributed by atoms with Gasteiger partial charge in [0.15, 0.2) is 0 Å². The summed E-state index contributed by atoms with van der Waals surface area (Å²) in [6.07, 6.45) is 3.58. The Morgan fingerprint density at radius 2 is 2.55 bits per heavy atom. The molecule has 0 fully saturated rings. The Hall–Kier alpha value is -0.960. The average Bonchev–Trinajstić information content (AvgIpc) is 2.03. The van der Waals surface area contributed by atoms with E-state index in [2.05, 4.69) is 10.3 Å². The smallest absolute Gasteiger partial charge is 0.0724 e. The van der Waals surface area contributed by atoms with Crippen LogP contribution in [0.5, 0.6) is 0 Å². The highest BCUT2D eigenvalue weighted by Gasteiger charge is 1.89. The van der Waals surface area contributed by atoms with E-state index in [9.17, 15) is 0 Å². The minimum Gasteiger partial charge on any atom is -0.376 e. The summed E-state index contributed by atoms with van der Waals surface area (Å²) in [6.45, 7) is 2.63. The van der Waals surface area contributed by atoms with Crippen LogP contribution in [0.3, 0.4) is 0 Å². The lowest BCUT2D eigenvalue weighted by Gasteiger charge is -2.01. The summed E-state index contributed by atoms with van der Waals surface area (Å²) in [7, 11) is 0. The molecule has 2 nitrogen and oxygen atoms in total. The van der Waals surface area contributed by atoms with Gasteiger partial charge in [0.1, 0.15) is 0 Å². The van der Waals surface area contributed by atoms with Gasteiger partial charge >= 0.3 is 0 Å². The number of nitrogens with one attached hydrogen (secondary N) is 1. The third kappa shape index (κ3) is 3.09. The van der Waals surface area contributed by atoms with Gasteiger partial charge in [-0.15, -0.1) is 0 Å². The summed E-state index contributed by atoms with van der Waals surface area (Å²) in [5, 5.41) is 3.05. The number of pyridine rings is 1. The number of hydrogen-bond acceptors (Lipinski definition) is 2. The molecule has 0 radical (unpaired) electrons. The van der Waals surface area contributed by atoms with E-state index < -0.39 is 0 Å². The SMILES string of the molecule is CC(=S)NCc1cccnc1. The van der Waals surface area contributed by atoms with Crippen LogP contribution in [0.4, 0.5) is 0 Å². The highest BCUT2D eigenvalue weighted by atomic mass is 32.1. The zero-order chi connectivity index (χ0) is 8.10. The van der Waals surface area contributed by atoms with Crippen LogP contribution in [0.2, 0.25) is 0 Å². The van der Waals surface area contributed by atoms with Gasteiger partial charge in [0.05, 0.1) is 4.99 Å². The lowest BCUT2D eigenvalue weighted by Crippen LogP contribution is -2.16. The molecule has 11 heavy (non-hydrogen) atoms. The fourth-order valence-electron chi connectivity index (χ4n) is 0.729. The summed E-state index contributed by atoms with van der Waals surface area (Å²) in [6, 6.07) is 3.92. The quantitative estimate of drug-likeness (QED) is 0.674. The fraction of sp³-hybridized carbons (Fsp3) is 0.250. The van der Waals surface area contributed by atoms with Crippen molar-refractivity contribution in [3.8, 4) is 0 Å².